The van der Waals surface area contributed by atoms with Crippen molar-refractivity contribution in [1.29, 1.82) is 0 Å². The average molecular weight is 321 g/mol. The van der Waals surface area contributed by atoms with Gasteiger partial charge in [-0.3, -0.25) is 0 Å². The first-order valence-electron chi connectivity index (χ1n) is 11.4. The van der Waals surface area contributed by atoms with Crippen LogP contribution < -0.4 is 0 Å². The molecule has 0 spiro atoms. The van der Waals surface area contributed by atoms with Crippen molar-refractivity contribution in [2.45, 2.75) is 129 Å². The zero-order valence-electron chi connectivity index (χ0n) is 16.2. The summed E-state index contributed by atoms with van der Waals surface area (Å²) in [5, 5.41) is 0. The van der Waals surface area contributed by atoms with Crippen molar-refractivity contribution in [3.05, 3.63) is 0 Å². The van der Waals surface area contributed by atoms with E-state index >= 15 is 0 Å². The molecule has 0 amide bonds. The highest BCUT2D eigenvalue weighted by Gasteiger charge is 2.23. The molecule has 0 bridgehead atoms. The third-order valence-electron chi connectivity index (χ3n) is 7.02. The number of hydrogen-bond donors (Lipinski definition) is 0. The third-order valence-corrected chi connectivity index (χ3v) is 7.02. The van der Waals surface area contributed by atoms with E-state index in [1.807, 2.05) is 0 Å². The molecule has 2 saturated carbocycles. The van der Waals surface area contributed by atoms with Gasteiger partial charge in [-0.25, -0.2) is 0 Å². The van der Waals surface area contributed by atoms with Gasteiger partial charge in [-0.05, 0) is 17.8 Å². The second-order valence-electron chi connectivity index (χ2n) is 8.77. The van der Waals surface area contributed by atoms with Gasteiger partial charge >= 0.3 is 0 Å². The van der Waals surface area contributed by atoms with Gasteiger partial charge in [0.25, 0.3) is 0 Å². The van der Waals surface area contributed by atoms with Crippen molar-refractivity contribution in [2.75, 3.05) is 0 Å². The second kappa shape index (κ2) is 12.4. The lowest BCUT2D eigenvalue weighted by molar-refractivity contribution is 0.211. The van der Waals surface area contributed by atoms with Gasteiger partial charge in [0.2, 0.25) is 0 Å². The lowest BCUT2D eigenvalue weighted by Gasteiger charge is -2.31. The topological polar surface area (TPSA) is 0 Å². The summed E-state index contributed by atoms with van der Waals surface area (Å²) in [7, 11) is 0. The lowest BCUT2D eigenvalue weighted by Crippen LogP contribution is -2.18. The molecule has 0 saturated heterocycles. The van der Waals surface area contributed by atoms with E-state index in [0.29, 0.717) is 0 Å². The standard InChI is InChI=1S/C23H44/c1-2-21-15-10-7-5-3-4-6-8-11-17-23(20-14-16-21)22-18-12-9-13-19-22/h21-23H,2-20H2,1H3. The molecule has 0 N–H and O–H groups in total. The van der Waals surface area contributed by atoms with Crippen LogP contribution in [0.2, 0.25) is 0 Å². The molecule has 0 nitrogen and oxygen atoms in total. The summed E-state index contributed by atoms with van der Waals surface area (Å²) in [6, 6.07) is 0. The van der Waals surface area contributed by atoms with E-state index in [-0.39, 0.29) is 0 Å². The van der Waals surface area contributed by atoms with Crippen LogP contribution in [0.15, 0.2) is 0 Å². The monoisotopic (exact) mass is 320 g/mol. The smallest absolute Gasteiger partial charge is 0.0386 e. The van der Waals surface area contributed by atoms with E-state index < -0.39 is 0 Å². The summed E-state index contributed by atoms with van der Waals surface area (Å²) in [6.07, 6.45) is 28.9. The van der Waals surface area contributed by atoms with Crippen LogP contribution in [0, 0.1) is 17.8 Å². The molecule has 0 aromatic carbocycles. The van der Waals surface area contributed by atoms with E-state index in [1.165, 1.54) is 96.3 Å². The zero-order chi connectivity index (χ0) is 16.2. The molecule has 2 aliphatic carbocycles. The maximum absolute atomic E-state index is 2.43. The predicted octanol–water partition coefficient (Wildman–Crippen LogP) is 8.29. The molecule has 0 heterocycles. The van der Waals surface area contributed by atoms with Crippen molar-refractivity contribution >= 4 is 0 Å². The highest BCUT2D eigenvalue weighted by atomic mass is 14.3. The molecular formula is C23H44. The SMILES string of the molecule is CCC1CCCCCCCCCCC(C2CCCCC2)CCC1. The summed E-state index contributed by atoms with van der Waals surface area (Å²) in [5.41, 5.74) is 0. The summed E-state index contributed by atoms with van der Waals surface area (Å²) in [5.74, 6) is 3.21. The van der Waals surface area contributed by atoms with Crippen LogP contribution in [0.1, 0.15) is 129 Å². The van der Waals surface area contributed by atoms with Crippen molar-refractivity contribution in [2.24, 2.45) is 17.8 Å². The van der Waals surface area contributed by atoms with Gasteiger partial charge in [0.05, 0.1) is 0 Å². The van der Waals surface area contributed by atoms with Gasteiger partial charge in [-0.1, -0.05) is 129 Å². The zero-order valence-corrected chi connectivity index (χ0v) is 16.2. The molecule has 0 aromatic heterocycles. The van der Waals surface area contributed by atoms with Crippen molar-refractivity contribution in [1.82, 2.24) is 0 Å². The van der Waals surface area contributed by atoms with Crippen LogP contribution in [0.5, 0.6) is 0 Å². The van der Waals surface area contributed by atoms with E-state index in [1.54, 1.807) is 25.7 Å². The van der Waals surface area contributed by atoms with Crippen LogP contribution in [0.3, 0.4) is 0 Å². The Balaban J connectivity index is 1.82. The molecule has 0 aromatic rings. The predicted molar refractivity (Wildman–Crippen MR) is 104 cm³/mol. The minimum atomic E-state index is 1.03. The molecule has 2 rings (SSSR count). The van der Waals surface area contributed by atoms with Gasteiger partial charge in [-0.2, -0.15) is 0 Å². The van der Waals surface area contributed by atoms with Crippen LogP contribution in [-0.2, 0) is 0 Å². The fourth-order valence-corrected chi connectivity index (χ4v) is 5.34. The molecule has 2 atom stereocenters. The van der Waals surface area contributed by atoms with Gasteiger partial charge in [0, 0.05) is 0 Å². The molecular weight excluding hydrogens is 276 g/mol. The molecule has 0 radical (unpaired) electrons. The van der Waals surface area contributed by atoms with Crippen LogP contribution in [0.4, 0.5) is 0 Å². The Morgan fingerprint density at radius 3 is 1.30 bits per heavy atom. The summed E-state index contributed by atoms with van der Waals surface area (Å²) >= 11 is 0. The largest absolute Gasteiger partial charge is 0.0651 e. The Morgan fingerprint density at radius 1 is 0.435 bits per heavy atom. The van der Waals surface area contributed by atoms with E-state index in [4.69, 9.17) is 0 Å². The third kappa shape index (κ3) is 8.08. The highest BCUT2D eigenvalue weighted by Crippen LogP contribution is 2.36. The van der Waals surface area contributed by atoms with Crippen LogP contribution >= 0.6 is 0 Å². The molecule has 2 unspecified atom stereocenters. The summed E-state index contributed by atoms with van der Waals surface area (Å²) in [6.45, 7) is 2.43. The first-order chi connectivity index (χ1) is 11.4. The fraction of sp³-hybridized carbons (Fsp3) is 1.00. The first-order valence-corrected chi connectivity index (χ1v) is 11.4. The Morgan fingerprint density at radius 2 is 0.783 bits per heavy atom. The lowest BCUT2D eigenvalue weighted by atomic mass is 9.75. The maximum Gasteiger partial charge on any atom is -0.0386 e. The minimum Gasteiger partial charge on any atom is -0.0651 e. The summed E-state index contributed by atoms with van der Waals surface area (Å²) < 4.78 is 0. The molecule has 2 fully saturated rings. The minimum absolute atomic E-state index is 1.03. The first kappa shape index (κ1) is 19.3. The molecule has 0 heteroatoms. The average Bonchev–Trinajstić information content (AvgIpc) is 2.61. The van der Waals surface area contributed by atoms with E-state index in [0.717, 1.165) is 17.8 Å². The Kier molecular flexibility index (Phi) is 10.4. The Labute approximate surface area is 147 Å². The van der Waals surface area contributed by atoms with Crippen LogP contribution in [0.25, 0.3) is 0 Å². The van der Waals surface area contributed by atoms with Crippen molar-refractivity contribution in [3.8, 4) is 0 Å². The highest BCUT2D eigenvalue weighted by molar-refractivity contribution is 4.75. The Hall–Kier alpha value is 0. The molecule has 23 heavy (non-hydrogen) atoms. The van der Waals surface area contributed by atoms with Crippen LogP contribution in [-0.4, -0.2) is 0 Å². The van der Waals surface area contributed by atoms with Gasteiger partial charge in [0.1, 0.15) is 0 Å². The Bertz CT molecular complexity index is 263. The second-order valence-corrected chi connectivity index (χ2v) is 8.77. The van der Waals surface area contributed by atoms with Gasteiger partial charge in [0.15, 0.2) is 0 Å². The molecule has 2 aliphatic rings. The van der Waals surface area contributed by atoms with E-state index in [9.17, 15) is 0 Å². The van der Waals surface area contributed by atoms with Gasteiger partial charge < -0.3 is 0 Å². The number of hydrogen-bond acceptors (Lipinski definition) is 0. The van der Waals surface area contributed by atoms with Crippen molar-refractivity contribution < 1.29 is 0 Å². The number of rotatable bonds is 2. The molecule has 136 valence electrons. The van der Waals surface area contributed by atoms with E-state index in [2.05, 4.69) is 6.92 Å². The van der Waals surface area contributed by atoms with Gasteiger partial charge in [-0.15, -0.1) is 0 Å². The molecule has 0 aliphatic heterocycles. The maximum atomic E-state index is 2.43. The normalized spacial score (nSPS) is 31.2. The summed E-state index contributed by atoms with van der Waals surface area (Å²) in [4.78, 5) is 0. The van der Waals surface area contributed by atoms with Crippen molar-refractivity contribution in [3.63, 3.8) is 0 Å². The fourth-order valence-electron chi connectivity index (χ4n) is 5.34. The quantitative estimate of drug-likeness (QED) is 0.480.